The average Bonchev–Trinajstić information content (AvgIpc) is 3.10. The Bertz CT molecular complexity index is 1350. The molecule has 0 saturated carbocycles. The van der Waals surface area contributed by atoms with Gasteiger partial charge in [-0.3, -0.25) is 4.79 Å². The van der Waals surface area contributed by atoms with E-state index in [2.05, 4.69) is 10.4 Å². The molecule has 2 aromatic heterocycles. The highest BCUT2D eigenvalue weighted by Crippen LogP contribution is 2.22. The highest BCUT2D eigenvalue weighted by molar-refractivity contribution is 6.31. The third-order valence-electron chi connectivity index (χ3n) is 4.13. The topological polar surface area (TPSA) is 101 Å². The Morgan fingerprint density at radius 2 is 1.97 bits per heavy atom. The van der Waals surface area contributed by atoms with E-state index in [0.717, 1.165) is 0 Å². The molecule has 0 aliphatic heterocycles. The lowest BCUT2D eigenvalue weighted by molar-refractivity contribution is 0.102. The van der Waals surface area contributed by atoms with E-state index in [1.54, 1.807) is 12.1 Å². The van der Waals surface area contributed by atoms with Crippen molar-refractivity contribution in [1.29, 1.82) is 5.26 Å². The van der Waals surface area contributed by atoms with Gasteiger partial charge in [0.25, 0.3) is 5.91 Å². The van der Waals surface area contributed by atoms with Crippen LogP contribution in [0.1, 0.15) is 15.9 Å². The van der Waals surface area contributed by atoms with Gasteiger partial charge >= 0.3 is 5.63 Å². The predicted molar refractivity (Wildman–Crippen MR) is 104 cm³/mol. The minimum Gasteiger partial charge on any atom is -0.422 e. The number of hydrogen-bond acceptors (Lipinski definition) is 5. The summed E-state index contributed by atoms with van der Waals surface area (Å²) in [5, 5.41) is 16.8. The molecule has 0 unspecified atom stereocenters. The number of nitrogens with zero attached hydrogens (tertiary/aromatic N) is 3. The van der Waals surface area contributed by atoms with Crippen molar-refractivity contribution in [2.45, 2.75) is 0 Å². The van der Waals surface area contributed by atoms with Crippen LogP contribution in [0.25, 0.3) is 16.7 Å². The van der Waals surface area contributed by atoms with Gasteiger partial charge in [0.1, 0.15) is 28.6 Å². The van der Waals surface area contributed by atoms with Gasteiger partial charge in [0.2, 0.25) is 0 Å². The Hall–Kier alpha value is -3.96. The summed E-state index contributed by atoms with van der Waals surface area (Å²) in [4.78, 5) is 25.0. The number of hydrogen-bond donors (Lipinski definition) is 1. The molecule has 142 valence electrons. The predicted octanol–water partition coefficient (Wildman–Crippen LogP) is 3.90. The summed E-state index contributed by atoms with van der Waals surface area (Å²) in [5.74, 6) is -1.20. The number of amides is 1. The lowest BCUT2D eigenvalue weighted by Gasteiger charge is -2.09. The molecule has 0 aliphatic rings. The molecule has 0 spiro atoms. The molecule has 0 saturated heterocycles. The number of fused-ring (bicyclic) bond motifs is 1. The van der Waals surface area contributed by atoms with Gasteiger partial charge in [-0.25, -0.2) is 13.9 Å². The number of rotatable bonds is 3. The van der Waals surface area contributed by atoms with Crippen molar-refractivity contribution in [3.8, 4) is 11.8 Å². The van der Waals surface area contributed by atoms with Gasteiger partial charge < -0.3 is 9.73 Å². The van der Waals surface area contributed by atoms with E-state index in [1.165, 1.54) is 47.3 Å². The first kappa shape index (κ1) is 18.4. The van der Waals surface area contributed by atoms with Crippen LogP contribution in [0.5, 0.6) is 0 Å². The molecule has 0 bridgehead atoms. The number of nitrogens with one attached hydrogen (secondary N) is 1. The molecular weight excluding hydrogens is 399 g/mol. The molecule has 29 heavy (non-hydrogen) atoms. The van der Waals surface area contributed by atoms with E-state index in [9.17, 15) is 19.2 Å². The van der Waals surface area contributed by atoms with Crippen LogP contribution >= 0.6 is 11.6 Å². The Morgan fingerprint density at radius 3 is 2.69 bits per heavy atom. The summed E-state index contributed by atoms with van der Waals surface area (Å²) in [6.07, 6.45) is 1.25. The van der Waals surface area contributed by atoms with Crippen molar-refractivity contribution in [2.24, 2.45) is 0 Å². The lowest BCUT2D eigenvalue weighted by atomic mass is 10.1. The normalized spacial score (nSPS) is 10.7. The first-order valence-electron chi connectivity index (χ1n) is 8.25. The number of anilines is 1. The Kier molecular flexibility index (Phi) is 4.58. The third kappa shape index (κ3) is 3.47. The fourth-order valence-corrected chi connectivity index (χ4v) is 2.94. The summed E-state index contributed by atoms with van der Waals surface area (Å²) in [5.41, 5.74) is -0.347. The van der Waals surface area contributed by atoms with Gasteiger partial charge in [0, 0.05) is 10.4 Å². The third-order valence-corrected chi connectivity index (χ3v) is 4.37. The van der Waals surface area contributed by atoms with Crippen molar-refractivity contribution < 1.29 is 13.6 Å². The van der Waals surface area contributed by atoms with Gasteiger partial charge in [0.15, 0.2) is 5.82 Å². The van der Waals surface area contributed by atoms with Gasteiger partial charge in [-0.15, -0.1) is 0 Å². The van der Waals surface area contributed by atoms with Crippen LogP contribution in [-0.4, -0.2) is 15.7 Å². The van der Waals surface area contributed by atoms with Gasteiger partial charge in [-0.2, -0.15) is 10.4 Å². The van der Waals surface area contributed by atoms with Gasteiger partial charge in [-0.05, 0) is 48.5 Å². The molecule has 0 atom stereocenters. The Balaban J connectivity index is 1.76. The summed E-state index contributed by atoms with van der Waals surface area (Å²) in [6.45, 7) is 0. The number of carbonyl (C=O) groups is 1. The second-order valence-electron chi connectivity index (χ2n) is 5.99. The highest BCUT2D eigenvalue weighted by atomic mass is 35.5. The smallest absolute Gasteiger partial charge is 0.349 e. The molecule has 4 aromatic rings. The van der Waals surface area contributed by atoms with E-state index in [1.807, 2.05) is 6.07 Å². The molecule has 1 amide bonds. The van der Waals surface area contributed by atoms with Gasteiger partial charge in [0.05, 0.1) is 11.9 Å². The van der Waals surface area contributed by atoms with Gasteiger partial charge in [-0.1, -0.05) is 11.6 Å². The van der Waals surface area contributed by atoms with E-state index in [-0.39, 0.29) is 22.5 Å². The molecule has 4 rings (SSSR count). The largest absolute Gasteiger partial charge is 0.422 e. The van der Waals surface area contributed by atoms with Crippen molar-refractivity contribution in [2.75, 3.05) is 5.32 Å². The summed E-state index contributed by atoms with van der Waals surface area (Å²) >= 11 is 5.95. The maximum atomic E-state index is 13.2. The quantitative estimate of drug-likeness (QED) is 0.518. The second-order valence-corrected chi connectivity index (χ2v) is 6.43. The van der Waals surface area contributed by atoms with Crippen molar-refractivity contribution in [3.05, 3.63) is 87.1 Å². The SMILES string of the molecule is N#Cc1cnn(-c2ccc(F)cc2)c1NC(=O)c1cc2cc(Cl)ccc2oc1=O. The molecular formula is C20H10ClFN4O3. The van der Waals surface area contributed by atoms with Crippen LogP contribution in [0.4, 0.5) is 10.2 Å². The van der Waals surface area contributed by atoms with Crippen LogP contribution in [0.2, 0.25) is 5.02 Å². The molecule has 2 aromatic carbocycles. The minimum atomic E-state index is -0.844. The fraction of sp³-hybridized carbons (Fsp3) is 0. The lowest BCUT2D eigenvalue weighted by Crippen LogP contribution is -2.22. The maximum Gasteiger partial charge on any atom is 0.349 e. The zero-order valence-electron chi connectivity index (χ0n) is 14.5. The number of halogens is 2. The number of carbonyl (C=O) groups excluding carboxylic acids is 1. The number of benzene rings is 2. The van der Waals surface area contributed by atoms with Crippen molar-refractivity contribution in [3.63, 3.8) is 0 Å². The summed E-state index contributed by atoms with van der Waals surface area (Å²) in [6, 6.07) is 13.2. The molecule has 0 fully saturated rings. The second kappa shape index (κ2) is 7.22. The van der Waals surface area contributed by atoms with E-state index in [4.69, 9.17) is 16.0 Å². The summed E-state index contributed by atoms with van der Waals surface area (Å²) < 4.78 is 19.6. The van der Waals surface area contributed by atoms with Crippen LogP contribution in [0.3, 0.4) is 0 Å². The van der Waals surface area contributed by atoms with E-state index in [0.29, 0.717) is 16.1 Å². The number of aromatic nitrogens is 2. The van der Waals surface area contributed by atoms with E-state index < -0.39 is 17.3 Å². The zero-order chi connectivity index (χ0) is 20.5. The fourth-order valence-electron chi connectivity index (χ4n) is 2.76. The van der Waals surface area contributed by atoms with E-state index >= 15 is 0 Å². The highest BCUT2D eigenvalue weighted by Gasteiger charge is 2.19. The molecule has 1 N–H and O–H groups in total. The zero-order valence-corrected chi connectivity index (χ0v) is 15.3. The summed E-state index contributed by atoms with van der Waals surface area (Å²) in [7, 11) is 0. The van der Waals surface area contributed by atoms with Crippen molar-refractivity contribution in [1.82, 2.24) is 9.78 Å². The first-order chi connectivity index (χ1) is 14.0. The molecule has 0 aliphatic carbocycles. The maximum absolute atomic E-state index is 13.2. The molecule has 7 nitrogen and oxygen atoms in total. The minimum absolute atomic E-state index is 0.0368. The average molecular weight is 409 g/mol. The number of nitriles is 1. The van der Waals surface area contributed by atoms with Crippen LogP contribution in [0.15, 0.2) is 63.9 Å². The van der Waals surface area contributed by atoms with Crippen LogP contribution < -0.4 is 10.9 Å². The monoisotopic (exact) mass is 408 g/mol. The van der Waals surface area contributed by atoms with Crippen LogP contribution in [0, 0.1) is 17.1 Å². The standard InChI is InChI=1S/C20H10ClFN4O3/c21-13-1-6-17-11(7-13)8-16(20(28)29-17)19(27)25-18-12(9-23)10-24-26(18)15-4-2-14(22)3-5-15/h1-8,10H,(H,25,27). The van der Waals surface area contributed by atoms with Crippen LogP contribution in [-0.2, 0) is 0 Å². The molecule has 9 heteroatoms. The molecule has 0 radical (unpaired) electrons. The Labute approximate surface area is 167 Å². The Morgan fingerprint density at radius 1 is 1.21 bits per heavy atom. The molecule has 2 heterocycles. The first-order valence-corrected chi connectivity index (χ1v) is 8.63. The van der Waals surface area contributed by atoms with Crippen molar-refractivity contribution >= 4 is 34.3 Å².